The fourth-order valence-corrected chi connectivity index (χ4v) is 4.46. The van der Waals surface area contributed by atoms with Gasteiger partial charge in [-0.25, -0.2) is 14.4 Å². The maximum atomic E-state index is 13.6. The third-order valence-corrected chi connectivity index (χ3v) is 5.82. The number of benzene rings is 1. The van der Waals surface area contributed by atoms with Gasteiger partial charge in [0.2, 0.25) is 5.91 Å². The highest BCUT2D eigenvalue weighted by Gasteiger charge is 2.49. The summed E-state index contributed by atoms with van der Waals surface area (Å²) in [6, 6.07) is 7.67. The number of hydrogen-bond acceptors (Lipinski definition) is 4. The van der Waals surface area contributed by atoms with Crippen molar-refractivity contribution in [2.75, 3.05) is 11.4 Å². The highest BCUT2D eigenvalue weighted by molar-refractivity contribution is 6.00. The van der Waals surface area contributed by atoms with Crippen LogP contribution >= 0.6 is 0 Å². The molecule has 0 bridgehead atoms. The number of aryl methyl sites for hydroxylation is 1. The average Bonchev–Trinajstić information content (AvgIpc) is 2.97. The minimum absolute atomic E-state index is 0.0370. The Morgan fingerprint density at radius 2 is 2.18 bits per heavy atom. The number of halogens is 1. The molecule has 2 heterocycles. The zero-order valence-electron chi connectivity index (χ0n) is 15.8. The van der Waals surface area contributed by atoms with Gasteiger partial charge in [0.1, 0.15) is 17.3 Å². The van der Waals surface area contributed by atoms with Gasteiger partial charge in [-0.3, -0.25) is 9.59 Å². The van der Waals surface area contributed by atoms with Crippen LogP contribution in [0.1, 0.15) is 48.4 Å². The summed E-state index contributed by atoms with van der Waals surface area (Å²) in [4.78, 5) is 35.6. The van der Waals surface area contributed by atoms with E-state index in [1.54, 1.807) is 36.2 Å². The normalized spacial score (nSPS) is 24.6. The Kier molecular flexibility index (Phi) is 4.83. The third kappa shape index (κ3) is 3.48. The molecule has 1 saturated heterocycles. The molecule has 4 rings (SSSR count). The van der Waals surface area contributed by atoms with Gasteiger partial charge >= 0.3 is 0 Å². The van der Waals surface area contributed by atoms with E-state index in [1.807, 2.05) is 0 Å². The quantitative estimate of drug-likeness (QED) is 0.885. The number of aromatic nitrogens is 2. The van der Waals surface area contributed by atoms with Crippen LogP contribution in [0.15, 0.2) is 36.5 Å². The molecule has 2 aliphatic rings. The lowest BCUT2D eigenvalue weighted by Gasteiger charge is -2.36. The van der Waals surface area contributed by atoms with E-state index >= 15 is 0 Å². The van der Waals surface area contributed by atoms with Gasteiger partial charge in [-0.2, -0.15) is 0 Å². The fourth-order valence-electron chi connectivity index (χ4n) is 4.46. The Hall–Kier alpha value is -2.83. The molecule has 7 heteroatoms. The molecule has 0 unspecified atom stereocenters. The molecule has 146 valence electrons. The molecule has 2 amide bonds. The van der Waals surface area contributed by atoms with Gasteiger partial charge < -0.3 is 10.2 Å². The highest BCUT2D eigenvalue weighted by Crippen LogP contribution is 2.46. The first-order valence-corrected chi connectivity index (χ1v) is 9.65. The summed E-state index contributed by atoms with van der Waals surface area (Å²) in [5, 5.41) is 3.04. The van der Waals surface area contributed by atoms with Gasteiger partial charge in [0.25, 0.3) is 5.91 Å². The number of nitrogens with one attached hydrogen (secondary N) is 1. The predicted octanol–water partition coefficient (Wildman–Crippen LogP) is 3.02. The zero-order valence-corrected chi connectivity index (χ0v) is 15.8. The summed E-state index contributed by atoms with van der Waals surface area (Å²) < 4.78 is 13.6. The van der Waals surface area contributed by atoms with Crippen molar-refractivity contribution in [1.29, 1.82) is 0 Å². The van der Waals surface area contributed by atoms with Crippen LogP contribution in [-0.4, -0.2) is 34.4 Å². The van der Waals surface area contributed by atoms with Crippen LogP contribution in [0.4, 0.5) is 10.1 Å². The fraction of sp³-hybridized carbons (Fsp3) is 0.429. The monoisotopic (exact) mass is 382 g/mol. The van der Waals surface area contributed by atoms with E-state index in [2.05, 4.69) is 15.3 Å². The summed E-state index contributed by atoms with van der Waals surface area (Å²) in [6.45, 7) is 2.32. The lowest BCUT2D eigenvalue weighted by atomic mass is 9.71. The summed E-state index contributed by atoms with van der Waals surface area (Å²) in [6.07, 6.45) is 5.41. The zero-order chi connectivity index (χ0) is 19.7. The van der Waals surface area contributed by atoms with Crippen LogP contribution in [0.25, 0.3) is 0 Å². The second-order valence-corrected chi connectivity index (χ2v) is 7.72. The Bertz CT molecular complexity index is 919. The van der Waals surface area contributed by atoms with Gasteiger partial charge in [-0.15, -0.1) is 0 Å². The lowest BCUT2D eigenvalue weighted by molar-refractivity contribution is -0.127. The summed E-state index contributed by atoms with van der Waals surface area (Å²) in [5.41, 5.74) is 0.458. The Balaban J connectivity index is 1.47. The highest BCUT2D eigenvalue weighted by atomic mass is 19.1. The van der Waals surface area contributed by atoms with E-state index in [9.17, 15) is 14.0 Å². The van der Waals surface area contributed by atoms with Crippen LogP contribution in [0.2, 0.25) is 0 Å². The molecule has 1 saturated carbocycles. The SMILES string of the molecule is Cc1nccc(C(=O)N[C@@H]2CCC[C@]3(CCN(c4cccc(F)c4)C3=O)C2)n1. The van der Waals surface area contributed by atoms with Crippen molar-refractivity contribution in [2.45, 2.75) is 45.1 Å². The van der Waals surface area contributed by atoms with Gasteiger partial charge in [-0.05, 0) is 56.9 Å². The van der Waals surface area contributed by atoms with Crippen LogP contribution in [-0.2, 0) is 4.79 Å². The largest absolute Gasteiger partial charge is 0.348 e. The summed E-state index contributed by atoms with van der Waals surface area (Å²) in [5.74, 6) is -0.000407. The smallest absolute Gasteiger partial charge is 0.270 e. The molecular formula is C21H23FN4O2. The second kappa shape index (κ2) is 7.30. The minimum Gasteiger partial charge on any atom is -0.348 e. The molecule has 1 aromatic heterocycles. The summed E-state index contributed by atoms with van der Waals surface area (Å²) >= 11 is 0. The van der Waals surface area contributed by atoms with Gasteiger partial charge in [0.05, 0.1) is 5.41 Å². The third-order valence-electron chi connectivity index (χ3n) is 5.82. The van der Waals surface area contributed by atoms with E-state index < -0.39 is 5.41 Å². The van der Waals surface area contributed by atoms with Crippen molar-refractivity contribution in [2.24, 2.45) is 5.41 Å². The molecule has 0 radical (unpaired) electrons. The number of carbonyl (C=O) groups is 2. The van der Waals surface area contributed by atoms with E-state index in [-0.39, 0.29) is 23.7 Å². The number of hydrogen-bond donors (Lipinski definition) is 1. The lowest BCUT2D eigenvalue weighted by Crippen LogP contribution is -2.46. The molecule has 2 aromatic rings. The van der Waals surface area contributed by atoms with Gasteiger partial charge in [0.15, 0.2) is 0 Å². The molecule has 2 fully saturated rings. The average molecular weight is 382 g/mol. The predicted molar refractivity (Wildman–Crippen MR) is 102 cm³/mol. The maximum Gasteiger partial charge on any atom is 0.270 e. The molecule has 1 aliphatic carbocycles. The number of amides is 2. The van der Waals surface area contributed by atoms with Crippen molar-refractivity contribution in [3.63, 3.8) is 0 Å². The van der Waals surface area contributed by atoms with E-state index in [0.29, 0.717) is 30.2 Å². The number of carbonyl (C=O) groups excluding carboxylic acids is 2. The molecule has 1 aromatic carbocycles. The Morgan fingerprint density at radius 3 is 2.96 bits per heavy atom. The first kappa shape index (κ1) is 18.5. The second-order valence-electron chi connectivity index (χ2n) is 7.72. The molecule has 2 atom stereocenters. The molecular weight excluding hydrogens is 359 g/mol. The standard InChI is InChI=1S/C21H23FN4O2/c1-14-23-10-7-18(24-14)19(27)25-16-5-3-8-21(13-16)9-11-26(20(21)28)17-6-2-4-15(22)12-17/h2,4,6-7,10,12,16H,3,5,8-9,11,13H2,1H3,(H,25,27)/t16-,21+/m1/s1. The van der Waals surface area contributed by atoms with E-state index in [4.69, 9.17) is 0 Å². The summed E-state index contributed by atoms with van der Waals surface area (Å²) in [7, 11) is 0. The Labute approximate surface area is 163 Å². The molecule has 1 N–H and O–H groups in total. The van der Waals surface area contributed by atoms with Crippen LogP contribution in [0.5, 0.6) is 0 Å². The van der Waals surface area contributed by atoms with Crippen LogP contribution in [0.3, 0.4) is 0 Å². The first-order chi connectivity index (χ1) is 13.5. The molecule has 28 heavy (non-hydrogen) atoms. The molecule has 1 aliphatic heterocycles. The van der Waals surface area contributed by atoms with E-state index in [0.717, 1.165) is 25.7 Å². The van der Waals surface area contributed by atoms with Crippen molar-refractivity contribution in [3.8, 4) is 0 Å². The van der Waals surface area contributed by atoms with Crippen molar-refractivity contribution < 1.29 is 14.0 Å². The van der Waals surface area contributed by atoms with Gasteiger partial charge in [0, 0.05) is 24.5 Å². The number of anilines is 1. The van der Waals surface area contributed by atoms with Crippen LogP contribution < -0.4 is 10.2 Å². The topological polar surface area (TPSA) is 75.2 Å². The van der Waals surface area contributed by atoms with Gasteiger partial charge in [-0.1, -0.05) is 12.5 Å². The number of rotatable bonds is 3. The van der Waals surface area contributed by atoms with Crippen molar-refractivity contribution in [1.82, 2.24) is 15.3 Å². The Morgan fingerprint density at radius 1 is 1.32 bits per heavy atom. The van der Waals surface area contributed by atoms with Crippen molar-refractivity contribution >= 4 is 17.5 Å². The van der Waals surface area contributed by atoms with E-state index in [1.165, 1.54) is 12.1 Å². The molecule has 1 spiro atoms. The molecule has 6 nitrogen and oxygen atoms in total. The first-order valence-electron chi connectivity index (χ1n) is 9.65. The van der Waals surface area contributed by atoms with Crippen LogP contribution in [0, 0.1) is 18.2 Å². The minimum atomic E-state index is -0.482. The number of nitrogens with zero attached hydrogens (tertiary/aromatic N) is 3. The van der Waals surface area contributed by atoms with Crippen molar-refractivity contribution in [3.05, 3.63) is 53.9 Å². The maximum absolute atomic E-state index is 13.6.